The zero-order valence-corrected chi connectivity index (χ0v) is 19.6. The summed E-state index contributed by atoms with van der Waals surface area (Å²) in [7, 11) is 0. The summed E-state index contributed by atoms with van der Waals surface area (Å²) in [5.41, 5.74) is 1.04. The molecule has 1 aromatic carbocycles. The van der Waals surface area contributed by atoms with Crippen LogP contribution in [0, 0.1) is 18.8 Å². The Kier molecular flexibility index (Phi) is 7.65. The van der Waals surface area contributed by atoms with Gasteiger partial charge in [0.15, 0.2) is 5.89 Å². The summed E-state index contributed by atoms with van der Waals surface area (Å²) in [6, 6.07) is 5.57. The molecule has 186 valence electrons. The van der Waals surface area contributed by atoms with Crippen LogP contribution in [-0.4, -0.2) is 33.5 Å². The first kappa shape index (κ1) is 24.8. The summed E-state index contributed by atoms with van der Waals surface area (Å²) >= 11 is 0. The number of aliphatic carboxylic acids is 1. The predicted molar refractivity (Wildman–Crippen MR) is 121 cm³/mol. The second-order valence-electron chi connectivity index (χ2n) is 10.0. The first-order chi connectivity index (χ1) is 16.2. The molecule has 1 heterocycles. The molecule has 8 heteroatoms. The molecule has 0 unspecified atom stereocenters. The first-order valence-corrected chi connectivity index (χ1v) is 12.2. The summed E-state index contributed by atoms with van der Waals surface area (Å²) in [4.78, 5) is 18.3. The molecule has 5 nitrogen and oxygen atoms in total. The van der Waals surface area contributed by atoms with E-state index in [4.69, 9.17) is 4.42 Å². The summed E-state index contributed by atoms with van der Waals surface area (Å²) < 4.78 is 44.9. The highest BCUT2D eigenvalue weighted by atomic mass is 19.4. The van der Waals surface area contributed by atoms with Crippen molar-refractivity contribution in [1.29, 1.82) is 0 Å². The molecule has 2 aromatic rings. The lowest BCUT2D eigenvalue weighted by molar-refractivity contribution is -0.139. The lowest BCUT2D eigenvalue weighted by Gasteiger charge is -2.43. The fraction of sp³-hybridized carbons (Fsp3) is 0.615. The van der Waals surface area contributed by atoms with E-state index in [0.717, 1.165) is 42.8 Å². The average Bonchev–Trinajstić information content (AvgIpc) is 3.44. The highest BCUT2D eigenvalue weighted by Gasteiger charge is 2.38. The van der Waals surface area contributed by atoms with Crippen molar-refractivity contribution in [2.24, 2.45) is 11.8 Å². The fourth-order valence-corrected chi connectivity index (χ4v) is 5.92. The van der Waals surface area contributed by atoms with Gasteiger partial charge in [-0.05, 0) is 67.6 Å². The Morgan fingerprint density at radius 1 is 1.12 bits per heavy atom. The molecule has 0 bridgehead atoms. The molecular weight excluding hydrogens is 445 g/mol. The van der Waals surface area contributed by atoms with E-state index >= 15 is 0 Å². The number of aryl methyl sites for hydroxylation is 1. The van der Waals surface area contributed by atoms with E-state index in [1.807, 2.05) is 6.92 Å². The van der Waals surface area contributed by atoms with Crippen LogP contribution in [0.4, 0.5) is 13.2 Å². The van der Waals surface area contributed by atoms with Gasteiger partial charge in [-0.15, -0.1) is 0 Å². The van der Waals surface area contributed by atoms with E-state index in [1.165, 1.54) is 25.7 Å². The molecule has 0 radical (unpaired) electrons. The number of carboxylic acids is 1. The van der Waals surface area contributed by atoms with Crippen LogP contribution in [0.5, 0.6) is 0 Å². The normalized spacial score (nSPS) is 24.1. The molecule has 4 rings (SSSR count). The Hall–Kier alpha value is -2.35. The largest absolute Gasteiger partial charge is 0.481 e. The van der Waals surface area contributed by atoms with Gasteiger partial charge in [0.25, 0.3) is 0 Å². The minimum absolute atomic E-state index is 0.0173. The number of hydrogen-bond donors (Lipinski definition) is 1. The highest BCUT2D eigenvalue weighted by Crippen LogP contribution is 2.42. The summed E-state index contributed by atoms with van der Waals surface area (Å²) in [5, 5.41) is 9.36. The number of aromatic nitrogens is 1. The lowest BCUT2D eigenvalue weighted by Crippen LogP contribution is -2.44. The van der Waals surface area contributed by atoms with Crippen LogP contribution in [0.1, 0.15) is 80.0 Å². The number of rotatable bonds is 8. The van der Waals surface area contributed by atoms with Gasteiger partial charge in [-0.1, -0.05) is 25.0 Å². The van der Waals surface area contributed by atoms with Gasteiger partial charge in [0.1, 0.15) is 6.26 Å². The fourth-order valence-electron chi connectivity index (χ4n) is 5.92. The third-order valence-corrected chi connectivity index (χ3v) is 7.52. The molecule has 0 amide bonds. The average molecular weight is 479 g/mol. The number of carbonyl (C=O) groups is 1. The molecule has 2 fully saturated rings. The van der Waals surface area contributed by atoms with Crippen LogP contribution in [0.3, 0.4) is 0 Å². The van der Waals surface area contributed by atoms with Gasteiger partial charge in [0.05, 0.1) is 11.3 Å². The molecule has 0 spiro atoms. The Balaban J connectivity index is 1.62. The van der Waals surface area contributed by atoms with Crippen molar-refractivity contribution in [3.63, 3.8) is 0 Å². The van der Waals surface area contributed by atoms with Crippen molar-refractivity contribution >= 4 is 5.97 Å². The minimum Gasteiger partial charge on any atom is -0.481 e. The lowest BCUT2D eigenvalue weighted by atomic mass is 9.72. The number of halogens is 3. The van der Waals surface area contributed by atoms with Crippen LogP contribution in [-0.2, 0) is 17.5 Å². The zero-order chi connectivity index (χ0) is 24.3. The van der Waals surface area contributed by atoms with E-state index in [9.17, 15) is 23.1 Å². The number of carboxylic acid groups (broad SMARTS) is 1. The zero-order valence-electron chi connectivity index (χ0n) is 19.6. The van der Waals surface area contributed by atoms with E-state index in [2.05, 4.69) is 9.88 Å². The third kappa shape index (κ3) is 6.20. The monoisotopic (exact) mass is 478 g/mol. The van der Waals surface area contributed by atoms with Crippen LogP contribution >= 0.6 is 0 Å². The van der Waals surface area contributed by atoms with E-state index in [1.54, 1.807) is 18.4 Å². The maximum absolute atomic E-state index is 13.2. The maximum Gasteiger partial charge on any atom is 0.416 e. The molecule has 1 aromatic heterocycles. The Morgan fingerprint density at radius 2 is 1.82 bits per heavy atom. The number of hydrogen-bond acceptors (Lipinski definition) is 4. The molecule has 3 atom stereocenters. The van der Waals surface area contributed by atoms with Crippen LogP contribution in [0.2, 0.25) is 0 Å². The summed E-state index contributed by atoms with van der Waals surface area (Å²) in [6.45, 7) is 3.35. The van der Waals surface area contributed by atoms with Crippen molar-refractivity contribution in [2.45, 2.75) is 83.0 Å². The number of nitrogens with zero attached hydrogens (tertiary/aromatic N) is 2. The molecule has 2 saturated carbocycles. The van der Waals surface area contributed by atoms with Crippen molar-refractivity contribution < 1.29 is 27.5 Å². The minimum atomic E-state index is -4.38. The van der Waals surface area contributed by atoms with Gasteiger partial charge in [-0.25, -0.2) is 4.98 Å². The predicted octanol–water partition coefficient (Wildman–Crippen LogP) is 6.42. The Labute approximate surface area is 198 Å². The highest BCUT2D eigenvalue weighted by molar-refractivity contribution is 5.67. The van der Waals surface area contributed by atoms with E-state index in [0.29, 0.717) is 24.8 Å². The van der Waals surface area contributed by atoms with Crippen molar-refractivity contribution in [2.75, 3.05) is 6.54 Å². The van der Waals surface area contributed by atoms with E-state index in [-0.39, 0.29) is 24.3 Å². The quantitative estimate of drug-likeness (QED) is 0.474. The van der Waals surface area contributed by atoms with Gasteiger partial charge in [-0.2, -0.15) is 13.2 Å². The second-order valence-corrected chi connectivity index (χ2v) is 10.0. The molecule has 0 aliphatic heterocycles. The maximum atomic E-state index is 13.2. The molecule has 0 saturated heterocycles. The number of benzene rings is 1. The SMILES string of the molecule is Cc1nc(CN(CC2CCCC2)[C@@H]2CC[C@@H](CC(=O)O)C[C@H]2c2ccc(C(F)(F)F)cc2)co1. The number of alkyl halides is 3. The van der Waals surface area contributed by atoms with Crippen LogP contribution in [0.15, 0.2) is 34.9 Å². The van der Waals surface area contributed by atoms with Gasteiger partial charge in [-0.3, -0.25) is 9.69 Å². The standard InChI is InChI=1S/C26H33F3N2O3/c1-17-30-22(16-34-17)15-31(14-18-4-2-3-5-18)24-11-6-19(13-25(32)33)12-23(24)20-7-9-21(10-8-20)26(27,28)29/h7-10,16,18-19,23-24H,2-6,11-15H2,1H3,(H,32,33)/t19-,23+,24-/m1/s1. The topological polar surface area (TPSA) is 66.6 Å². The van der Waals surface area contributed by atoms with Gasteiger partial charge >= 0.3 is 12.1 Å². The van der Waals surface area contributed by atoms with Gasteiger partial charge < -0.3 is 9.52 Å². The number of oxazole rings is 1. The smallest absolute Gasteiger partial charge is 0.416 e. The molecular formula is C26H33F3N2O3. The first-order valence-electron chi connectivity index (χ1n) is 12.2. The van der Waals surface area contributed by atoms with Crippen molar-refractivity contribution in [1.82, 2.24) is 9.88 Å². The molecule has 1 N–H and O–H groups in total. The van der Waals surface area contributed by atoms with E-state index < -0.39 is 17.7 Å². The Morgan fingerprint density at radius 3 is 2.41 bits per heavy atom. The van der Waals surface area contributed by atoms with Gasteiger partial charge in [0, 0.05) is 32.5 Å². The second kappa shape index (κ2) is 10.5. The Bertz CT molecular complexity index is 951. The van der Waals surface area contributed by atoms with Crippen LogP contribution in [0.25, 0.3) is 0 Å². The summed E-state index contributed by atoms with van der Waals surface area (Å²) in [5.74, 6) is 0.368. The van der Waals surface area contributed by atoms with Gasteiger partial charge in [0.2, 0.25) is 0 Å². The van der Waals surface area contributed by atoms with Crippen LogP contribution < -0.4 is 0 Å². The van der Waals surface area contributed by atoms with Crippen molar-refractivity contribution in [3.8, 4) is 0 Å². The molecule has 34 heavy (non-hydrogen) atoms. The summed E-state index contributed by atoms with van der Waals surface area (Å²) in [6.07, 6.45) is 4.50. The molecule has 2 aliphatic rings. The van der Waals surface area contributed by atoms with Crippen molar-refractivity contribution in [3.05, 3.63) is 53.2 Å². The molecule has 2 aliphatic carbocycles. The third-order valence-electron chi connectivity index (χ3n) is 7.52.